The Kier molecular flexibility index (Phi) is 8.33. The SMILES string of the molecule is CCOc1ccc(CNC(=O)CCCOc2ccccc2)cc1OCC. The van der Waals surface area contributed by atoms with E-state index in [1.807, 2.05) is 62.4 Å². The van der Waals surface area contributed by atoms with E-state index in [1.54, 1.807) is 0 Å². The minimum Gasteiger partial charge on any atom is -0.494 e. The number of para-hydroxylation sites is 1. The van der Waals surface area contributed by atoms with Gasteiger partial charge in [-0.05, 0) is 50.1 Å². The van der Waals surface area contributed by atoms with Crippen molar-refractivity contribution in [3.05, 3.63) is 54.1 Å². The van der Waals surface area contributed by atoms with Gasteiger partial charge in [0.1, 0.15) is 5.75 Å². The summed E-state index contributed by atoms with van der Waals surface area (Å²) in [5.41, 5.74) is 0.978. The van der Waals surface area contributed by atoms with Crippen LogP contribution in [0.15, 0.2) is 48.5 Å². The van der Waals surface area contributed by atoms with Crippen LogP contribution in [0.3, 0.4) is 0 Å². The summed E-state index contributed by atoms with van der Waals surface area (Å²) in [7, 11) is 0. The quantitative estimate of drug-likeness (QED) is 0.619. The molecular weight excluding hydrogens is 330 g/mol. The molecule has 26 heavy (non-hydrogen) atoms. The fraction of sp³-hybridized carbons (Fsp3) is 0.381. The number of ether oxygens (including phenoxy) is 3. The molecule has 2 rings (SSSR count). The average molecular weight is 357 g/mol. The predicted octanol–water partition coefficient (Wildman–Crippen LogP) is 3.96. The van der Waals surface area contributed by atoms with Gasteiger partial charge in [-0.25, -0.2) is 0 Å². The molecule has 0 radical (unpaired) electrons. The van der Waals surface area contributed by atoms with Gasteiger partial charge >= 0.3 is 0 Å². The van der Waals surface area contributed by atoms with Crippen LogP contribution in [-0.2, 0) is 11.3 Å². The van der Waals surface area contributed by atoms with Crippen molar-refractivity contribution in [2.45, 2.75) is 33.2 Å². The van der Waals surface area contributed by atoms with E-state index in [0.717, 1.165) is 17.1 Å². The predicted molar refractivity (Wildman–Crippen MR) is 102 cm³/mol. The van der Waals surface area contributed by atoms with Crippen molar-refractivity contribution in [2.24, 2.45) is 0 Å². The first-order chi connectivity index (χ1) is 12.7. The van der Waals surface area contributed by atoms with Gasteiger partial charge in [-0.2, -0.15) is 0 Å². The zero-order valence-corrected chi connectivity index (χ0v) is 15.5. The molecule has 0 saturated heterocycles. The zero-order chi connectivity index (χ0) is 18.6. The van der Waals surface area contributed by atoms with E-state index in [9.17, 15) is 4.79 Å². The number of amides is 1. The van der Waals surface area contributed by atoms with Crippen LogP contribution in [0.5, 0.6) is 17.2 Å². The minimum atomic E-state index is 0.00788. The maximum atomic E-state index is 12.0. The molecule has 0 unspecified atom stereocenters. The van der Waals surface area contributed by atoms with Crippen molar-refractivity contribution in [3.8, 4) is 17.2 Å². The van der Waals surface area contributed by atoms with Crippen LogP contribution in [0, 0.1) is 0 Å². The highest BCUT2D eigenvalue weighted by Crippen LogP contribution is 2.28. The number of carbonyl (C=O) groups excluding carboxylic acids is 1. The molecule has 2 aromatic carbocycles. The number of hydrogen-bond acceptors (Lipinski definition) is 4. The summed E-state index contributed by atoms with van der Waals surface area (Å²) in [6, 6.07) is 15.3. The van der Waals surface area contributed by atoms with Gasteiger partial charge in [0.2, 0.25) is 5.91 Å². The van der Waals surface area contributed by atoms with Crippen LogP contribution >= 0.6 is 0 Å². The molecule has 1 N–H and O–H groups in total. The molecule has 1 amide bonds. The van der Waals surface area contributed by atoms with Gasteiger partial charge in [0.05, 0.1) is 19.8 Å². The van der Waals surface area contributed by atoms with Crippen molar-refractivity contribution in [3.63, 3.8) is 0 Å². The molecule has 0 bridgehead atoms. The highest BCUT2D eigenvalue weighted by Gasteiger charge is 2.07. The van der Waals surface area contributed by atoms with E-state index >= 15 is 0 Å². The summed E-state index contributed by atoms with van der Waals surface area (Å²) in [5.74, 6) is 2.26. The van der Waals surface area contributed by atoms with Crippen LogP contribution in [-0.4, -0.2) is 25.7 Å². The standard InChI is InChI=1S/C21H27NO4/c1-3-24-19-13-12-17(15-20(19)25-4-2)16-22-21(23)11-8-14-26-18-9-6-5-7-10-18/h5-7,9-10,12-13,15H,3-4,8,11,14,16H2,1-2H3,(H,22,23). The van der Waals surface area contributed by atoms with E-state index in [-0.39, 0.29) is 5.91 Å². The van der Waals surface area contributed by atoms with Crippen LogP contribution < -0.4 is 19.5 Å². The lowest BCUT2D eigenvalue weighted by atomic mass is 10.2. The molecule has 140 valence electrons. The molecule has 0 aliphatic heterocycles. The Morgan fingerprint density at radius 3 is 2.38 bits per heavy atom. The third kappa shape index (κ3) is 6.67. The summed E-state index contributed by atoms with van der Waals surface area (Å²) in [4.78, 5) is 12.0. The van der Waals surface area contributed by atoms with Crippen molar-refractivity contribution in [1.82, 2.24) is 5.32 Å². The first kappa shape index (κ1) is 19.6. The van der Waals surface area contributed by atoms with E-state index in [4.69, 9.17) is 14.2 Å². The molecule has 2 aromatic rings. The second-order valence-electron chi connectivity index (χ2n) is 5.69. The summed E-state index contributed by atoms with van der Waals surface area (Å²) < 4.78 is 16.7. The summed E-state index contributed by atoms with van der Waals surface area (Å²) in [5, 5.41) is 2.93. The van der Waals surface area contributed by atoms with Crippen LogP contribution in [0.1, 0.15) is 32.3 Å². The van der Waals surface area contributed by atoms with Crippen LogP contribution in [0.4, 0.5) is 0 Å². The molecule has 0 aromatic heterocycles. The van der Waals surface area contributed by atoms with Gasteiger partial charge in [0, 0.05) is 13.0 Å². The zero-order valence-electron chi connectivity index (χ0n) is 15.5. The monoisotopic (exact) mass is 357 g/mol. The smallest absolute Gasteiger partial charge is 0.220 e. The van der Waals surface area contributed by atoms with Crippen molar-refractivity contribution >= 4 is 5.91 Å². The molecular formula is C21H27NO4. The summed E-state index contributed by atoms with van der Waals surface area (Å²) >= 11 is 0. The van der Waals surface area contributed by atoms with Gasteiger partial charge in [0.25, 0.3) is 0 Å². The molecule has 0 saturated carbocycles. The Balaban J connectivity index is 1.73. The Morgan fingerprint density at radius 1 is 0.923 bits per heavy atom. The molecule has 0 atom stereocenters. The fourth-order valence-electron chi connectivity index (χ4n) is 2.43. The first-order valence-electron chi connectivity index (χ1n) is 9.06. The van der Waals surface area contributed by atoms with Gasteiger partial charge < -0.3 is 19.5 Å². The first-order valence-corrected chi connectivity index (χ1v) is 9.06. The third-order valence-corrected chi connectivity index (χ3v) is 3.66. The maximum Gasteiger partial charge on any atom is 0.220 e. The lowest BCUT2D eigenvalue weighted by Crippen LogP contribution is -2.23. The van der Waals surface area contributed by atoms with E-state index in [2.05, 4.69) is 5.32 Å². The van der Waals surface area contributed by atoms with Crippen LogP contribution in [0.25, 0.3) is 0 Å². The van der Waals surface area contributed by atoms with E-state index in [0.29, 0.717) is 45.0 Å². The van der Waals surface area contributed by atoms with Crippen molar-refractivity contribution < 1.29 is 19.0 Å². The van der Waals surface area contributed by atoms with Crippen molar-refractivity contribution in [1.29, 1.82) is 0 Å². The summed E-state index contributed by atoms with van der Waals surface area (Å²) in [6.07, 6.45) is 1.11. The minimum absolute atomic E-state index is 0.00788. The number of rotatable bonds is 11. The number of carbonyl (C=O) groups is 1. The van der Waals surface area contributed by atoms with E-state index < -0.39 is 0 Å². The molecule has 0 fully saturated rings. The maximum absolute atomic E-state index is 12.0. The third-order valence-electron chi connectivity index (χ3n) is 3.66. The Labute approximate surface area is 155 Å². The van der Waals surface area contributed by atoms with Gasteiger partial charge in [-0.3, -0.25) is 4.79 Å². The molecule has 5 nitrogen and oxygen atoms in total. The highest BCUT2D eigenvalue weighted by atomic mass is 16.5. The normalized spacial score (nSPS) is 10.2. The van der Waals surface area contributed by atoms with E-state index in [1.165, 1.54) is 0 Å². The molecule has 0 heterocycles. The van der Waals surface area contributed by atoms with Gasteiger partial charge in [0.15, 0.2) is 11.5 Å². The number of nitrogens with one attached hydrogen (secondary N) is 1. The summed E-state index contributed by atoms with van der Waals surface area (Å²) in [6.45, 7) is 6.01. The van der Waals surface area contributed by atoms with Gasteiger partial charge in [-0.1, -0.05) is 24.3 Å². The molecule has 0 spiro atoms. The largest absolute Gasteiger partial charge is 0.494 e. The fourth-order valence-corrected chi connectivity index (χ4v) is 2.43. The lowest BCUT2D eigenvalue weighted by Gasteiger charge is -2.13. The number of hydrogen-bond donors (Lipinski definition) is 1. The van der Waals surface area contributed by atoms with Gasteiger partial charge in [-0.15, -0.1) is 0 Å². The molecule has 5 heteroatoms. The molecule has 0 aliphatic rings. The molecule has 0 aliphatic carbocycles. The second-order valence-corrected chi connectivity index (χ2v) is 5.69. The lowest BCUT2D eigenvalue weighted by molar-refractivity contribution is -0.121. The second kappa shape index (κ2) is 11.0. The topological polar surface area (TPSA) is 56.8 Å². The average Bonchev–Trinajstić information content (AvgIpc) is 2.66. The van der Waals surface area contributed by atoms with Crippen LogP contribution in [0.2, 0.25) is 0 Å². The Morgan fingerprint density at radius 2 is 1.65 bits per heavy atom. The Bertz CT molecular complexity index is 673. The Hall–Kier alpha value is -2.69. The van der Waals surface area contributed by atoms with Crippen molar-refractivity contribution in [2.75, 3.05) is 19.8 Å². The highest BCUT2D eigenvalue weighted by molar-refractivity contribution is 5.75. The number of benzene rings is 2.